The quantitative estimate of drug-likeness (QED) is 0.101. The van der Waals surface area contributed by atoms with Crippen molar-refractivity contribution in [3.8, 4) is 0 Å². The van der Waals surface area contributed by atoms with Crippen molar-refractivity contribution in [3.05, 3.63) is 0 Å². The molecule has 0 bridgehead atoms. The van der Waals surface area contributed by atoms with Crippen molar-refractivity contribution in [3.63, 3.8) is 0 Å². The topological polar surface area (TPSA) is 214 Å². The summed E-state index contributed by atoms with van der Waals surface area (Å²) in [5.41, 5.74) is 0. The van der Waals surface area contributed by atoms with Gasteiger partial charge in [0.15, 0.2) is 0 Å². The zero-order chi connectivity index (χ0) is 27.5. The third-order valence-electron chi connectivity index (χ3n) is 3.16. The standard InChI is InChI=1S/3C4H8O2S.C3H5I3O6/c3*1-3(2-7)4(5)6;1-2-3(4(7)8,5(9)10)6(11)12/h3*3,7H,2H2,1H3,(H,5,6);2H2,1H3. The molecule has 0 radical (unpaired) electrons. The molecule has 0 aromatic heterocycles. The zero-order valence-corrected chi connectivity index (χ0v) is 27.2. The minimum Gasteiger partial charge on any atom is -0.481 e. The number of carbonyl (C=O) groups is 3. The van der Waals surface area contributed by atoms with E-state index in [1.165, 1.54) is 6.92 Å². The summed E-state index contributed by atoms with van der Waals surface area (Å²) in [6.45, 7) is 6.11. The Balaban J connectivity index is -0.000000176. The van der Waals surface area contributed by atoms with Gasteiger partial charge in [0.1, 0.15) is 0 Å². The van der Waals surface area contributed by atoms with Gasteiger partial charge in [-0.05, 0) is 6.42 Å². The number of halogens is 3. The molecule has 3 atom stereocenters. The molecule has 12 nitrogen and oxygen atoms in total. The molecule has 0 aliphatic carbocycles. The van der Waals surface area contributed by atoms with Gasteiger partial charge in [-0.25, -0.2) is 18.4 Å². The predicted molar refractivity (Wildman–Crippen MR) is 151 cm³/mol. The lowest BCUT2D eigenvalue weighted by atomic mass is 10.2. The molecule has 0 aromatic carbocycles. The van der Waals surface area contributed by atoms with Crippen LogP contribution >= 0.6 is 97.3 Å². The van der Waals surface area contributed by atoms with Crippen molar-refractivity contribution in [1.29, 1.82) is 0 Å². The van der Waals surface area contributed by atoms with Crippen LogP contribution < -0.4 is 0 Å². The molecule has 3 N–H and O–H groups in total. The number of aliphatic carboxylic acids is 3. The minimum absolute atomic E-state index is 0.316. The van der Waals surface area contributed by atoms with E-state index in [0.29, 0.717) is 17.3 Å². The second kappa shape index (κ2) is 22.9. The van der Waals surface area contributed by atoms with E-state index in [2.05, 4.69) is 37.9 Å². The largest absolute Gasteiger partial charge is 0.481 e. The Morgan fingerprint density at radius 1 is 0.636 bits per heavy atom. The van der Waals surface area contributed by atoms with E-state index in [4.69, 9.17) is 15.3 Å². The van der Waals surface area contributed by atoms with Crippen molar-refractivity contribution < 1.29 is 48.1 Å². The van der Waals surface area contributed by atoms with Gasteiger partial charge in [0.05, 0.1) is 17.8 Å². The number of hydrogen-bond donors (Lipinski definition) is 6. The lowest BCUT2D eigenvalue weighted by molar-refractivity contribution is -0.141. The average Bonchev–Trinajstić information content (AvgIpc) is 2.72. The van der Waals surface area contributed by atoms with Crippen LogP contribution in [-0.2, 0) is 32.8 Å². The molecule has 3 unspecified atom stereocenters. The average molecular weight is 878 g/mol. The van der Waals surface area contributed by atoms with E-state index >= 15 is 0 Å². The first-order valence-corrected chi connectivity index (χ1v) is 19.0. The van der Waals surface area contributed by atoms with Crippen molar-refractivity contribution in [2.24, 2.45) is 17.8 Å². The third-order valence-corrected chi connectivity index (χ3v) is 24.4. The molecule has 0 heterocycles. The van der Waals surface area contributed by atoms with Crippen LogP contribution in [0.5, 0.6) is 0 Å². The van der Waals surface area contributed by atoms with Crippen LogP contribution in [0.2, 0.25) is 0 Å². The van der Waals surface area contributed by atoms with Gasteiger partial charge in [-0.15, -0.1) is 0 Å². The summed E-state index contributed by atoms with van der Waals surface area (Å²) in [7, 11) is 0. The predicted octanol–water partition coefficient (Wildman–Crippen LogP) is 4.55. The van der Waals surface area contributed by atoms with Gasteiger partial charge in [0, 0.05) is 17.3 Å². The highest BCUT2D eigenvalue weighted by atomic mass is 127. The van der Waals surface area contributed by atoms with Crippen LogP contribution in [0.25, 0.3) is 0 Å². The highest BCUT2D eigenvalue weighted by Crippen LogP contribution is 2.58. The molecule has 0 rings (SSSR count). The van der Waals surface area contributed by atoms with Crippen LogP contribution in [0.3, 0.4) is 0 Å². The lowest BCUT2D eigenvalue weighted by Gasteiger charge is -2.02. The fraction of sp³-hybridized carbons (Fsp3) is 0.800. The molecule has 0 aliphatic heterocycles. The number of alkyl halides is 3. The minimum atomic E-state index is -4.32. The molecule has 0 amide bonds. The number of carboxylic acid groups (broad SMARTS) is 3. The van der Waals surface area contributed by atoms with Crippen molar-refractivity contribution >= 4 is 115 Å². The van der Waals surface area contributed by atoms with E-state index in [1.807, 2.05) is 0 Å². The van der Waals surface area contributed by atoms with Gasteiger partial charge in [-0.3, -0.25) is 14.4 Å². The second-order valence-corrected chi connectivity index (χ2v) is 22.4. The molecule has 0 spiro atoms. The SMILES string of the molecule is CC(CS)C(=O)O.CC(CS)C(=O)O.CC(CS)C(=O)O.CCC(I(=O)=O)(I(=O)=O)I(=O)=O. The summed E-state index contributed by atoms with van der Waals surface area (Å²) in [5.74, 6) is -2.06. The number of rotatable bonds is 10. The third kappa shape index (κ3) is 19.3. The van der Waals surface area contributed by atoms with Gasteiger partial charge in [0.2, 0.25) is 0 Å². The van der Waals surface area contributed by atoms with Gasteiger partial charge in [-0.2, -0.15) is 37.9 Å². The van der Waals surface area contributed by atoms with Crippen molar-refractivity contribution in [2.45, 2.75) is 33.6 Å². The summed E-state index contributed by atoms with van der Waals surface area (Å²) in [4.78, 5) is 29.6. The highest BCUT2D eigenvalue weighted by molar-refractivity contribution is 14.4. The number of thiol groups is 3. The molecule has 33 heavy (non-hydrogen) atoms. The molecule has 18 heteroatoms. The molecular formula is C15H29I3O12S3. The highest BCUT2D eigenvalue weighted by Gasteiger charge is 2.48. The number of carboxylic acids is 3. The Hall–Kier alpha value is 0.450. The maximum Gasteiger partial charge on any atom is 0.344 e. The summed E-state index contributed by atoms with van der Waals surface area (Å²) < 4.78 is 60.9. The Bertz CT molecular complexity index is 698. The summed E-state index contributed by atoms with van der Waals surface area (Å²) >= 11 is -1.63. The van der Waals surface area contributed by atoms with Crippen LogP contribution in [0.4, 0.5) is 0 Å². The zero-order valence-electron chi connectivity index (χ0n) is 18.1. The van der Waals surface area contributed by atoms with Crippen molar-refractivity contribution in [1.82, 2.24) is 0 Å². The van der Waals surface area contributed by atoms with Crippen LogP contribution in [-0.4, -0.2) is 49.9 Å². The molecular weight excluding hydrogens is 849 g/mol. The summed E-state index contributed by atoms with van der Waals surface area (Å²) in [6.07, 6.45) is -0.361. The molecule has 200 valence electrons. The Kier molecular flexibility index (Phi) is 28.2. The Labute approximate surface area is 229 Å². The fourth-order valence-corrected chi connectivity index (χ4v) is 9.33. The molecule has 0 aromatic rings. The van der Waals surface area contributed by atoms with E-state index in [-0.39, 0.29) is 24.2 Å². The van der Waals surface area contributed by atoms with E-state index in [0.717, 1.165) is 0 Å². The first-order valence-electron chi connectivity index (χ1n) is 8.61. The second-order valence-electron chi connectivity index (χ2n) is 5.89. The Morgan fingerprint density at radius 3 is 0.818 bits per heavy atom. The monoisotopic (exact) mass is 878 g/mol. The van der Waals surface area contributed by atoms with E-state index < -0.39 is 76.7 Å². The summed E-state index contributed by atoms with van der Waals surface area (Å²) in [6, 6.07) is 0. The van der Waals surface area contributed by atoms with Crippen molar-refractivity contribution in [2.75, 3.05) is 17.3 Å². The van der Waals surface area contributed by atoms with Gasteiger partial charge in [0.25, 0.3) is 0 Å². The normalized spacial score (nSPS) is 13.3. The smallest absolute Gasteiger partial charge is 0.344 e. The molecule has 0 saturated heterocycles. The van der Waals surface area contributed by atoms with Crippen LogP contribution in [0, 0.1) is 17.8 Å². The number of hydrogen-bond acceptors (Lipinski definition) is 12. The molecule has 0 fully saturated rings. The first kappa shape index (κ1) is 40.6. The van der Waals surface area contributed by atoms with Gasteiger partial charge < -0.3 is 15.3 Å². The van der Waals surface area contributed by atoms with Crippen LogP contribution in [0.15, 0.2) is 0 Å². The van der Waals surface area contributed by atoms with Gasteiger partial charge in [-0.1, -0.05) is 27.7 Å². The molecule has 0 aliphatic rings. The first-order chi connectivity index (χ1) is 14.9. The Morgan fingerprint density at radius 2 is 0.818 bits per heavy atom. The fourth-order valence-electron chi connectivity index (χ4n) is 0.704. The maximum atomic E-state index is 10.5. The van der Waals surface area contributed by atoms with Gasteiger partial charge >= 0.3 is 76.7 Å². The maximum absolute atomic E-state index is 10.5. The summed E-state index contributed by atoms with van der Waals surface area (Å²) in [5, 5.41) is 24.4. The van der Waals surface area contributed by atoms with E-state index in [1.54, 1.807) is 20.8 Å². The molecule has 0 saturated carbocycles. The van der Waals surface area contributed by atoms with E-state index in [9.17, 15) is 32.8 Å². The van der Waals surface area contributed by atoms with Crippen LogP contribution in [0.1, 0.15) is 34.1 Å². The lowest BCUT2D eigenvalue weighted by Crippen LogP contribution is -2.09.